The van der Waals surface area contributed by atoms with E-state index in [1.807, 2.05) is 6.92 Å². The third-order valence-corrected chi connectivity index (χ3v) is 2.16. The number of amides is 1. The summed E-state index contributed by atoms with van der Waals surface area (Å²) in [6.45, 7) is 3.61. The van der Waals surface area contributed by atoms with Crippen molar-refractivity contribution < 1.29 is 18.0 Å². The zero-order valence-electron chi connectivity index (χ0n) is 9.43. The van der Waals surface area contributed by atoms with E-state index in [0.717, 1.165) is 6.42 Å². The van der Waals surface area contributed by atoms with Gasteiger partial charge in [0, 0.05) is 5.92 Å². The van der Waals surface area contributed by atoms with Gasteiger partial charge in [0.1, 0.15) is 0 Å². The van der Waals surface area contributed by atoms with Crippen molar-refractivity contribution in [3.63, 3.8) is 0 Å². The number of aromatic nitrogens is 3. The third kappa shape index (κ3) is 3.72. The lowest BCUT2D eigenvalue weighted by molar-refractivity contribution is -0.144. The van der Waals surface area contributed by atoms with Crippen LogP contribution in [0.15, 0.2) is 0 Å². The molecular formula is C9H13F3N4O. The van der Waals surface area contributed by atoms with Crippen LogP contribution < -0.4 is 5.32 Å². The van der Waals surface area contributed by atoms with Crippen LogP contribution >= 0.6 is 0 Å². The Balaban J connectivity index is 2.64. The summed E-state index contributed by atoms with van der Waals surface area (Å²) in [6.07, 6.45) is -3.12. The van der Waals surface area contributed by atoms with Crippen molar-refractivity contribution in [3.05, 3.63) is 5.82 Å². The van der Waals surface area contributed by atoms with Gasteiger partial charge in [-0.25, -0.2) is 0 Å². The number of aromatic amines is 1. The van der Waals surface area contributed by atoms with Crippen molar-refractivity contribution in [2.45, 2.75) is 32.9 Å². The summed E-state index contributed by atoms with van der Waals surface area (Å²) in [6, 6.07) is 0. The molecule has 1 heterocycles. The zero-order valence-corrected chi connectivity index (χ0v) is 9.43. The summed E-state index contributed by atoms with van der Waals surface area (Å²) in [7, 11) is 0. The number of nitrogens with zero attached hydrogens (tertiary/aromatic N) is 2. The Labute approximate surface area is 95.8 Å². The molecule has 0 bridgehead atoms. The van der Waals surface area contributed by atoms with E-state index in [-0.39, 0.29) is 17.8 Å². The second-order valence-corrected chi connectivity index (χ2v) is 3.68. The Morgan fingerprint density at radius 2 is 2.18 bits per heavy atom. The molecular weight excluding hydrogens is 237 g/mol. The molecule has 1 atom stereocenters. The van der Waals surface area contributed by atoms with E-state index < -0.39 is 12.0 Å². The average Bonchev–Trinajstić information content (AvgIpc) is 2.66. The smallest absolute Gasteiger partial charge is 0.293 e. The van der Waals surface area contributed by atoms with Crippen LogP contribution in [0.5, 0.6) is 0 Å². The molecule has 0 aromatic carbocycles. The third-order valence-electron chi connectivity index (χ3n) is 2.16. The highest BCUT2D eigenvalue weighted by Crippen LogP contribution is 2.26. The van der Waals surface area contributed by atoms with Gasteiger partial charge in [-0.2, -0.15) is 18.2 Å². The van der Waals surface area contributed by atoms with Gasteiger partial charge in [0.2, 0.25) is 17.7 Å². The first-order chi connectivity index (χ1) is 7.84. The van der Waals surface area contributed by atoms with Crippen molar-refractivity contribution in [2.24, 2.45) is 5.92 Å². The first-order valence-electron chi connectivity index (χ1n) is 5.15. The number of anilines is 1. The molecule has 1 rings (SSSR count). The molecule has 0 spiro atoms. The molecule has 2 N–H and O–H groups in total. The topological polar surface area (TPSA) is 70.7 Å². The van der Waals surface area contributed by atoms with Gasteiger partial charge in [-0.3, -0.25) is 15.2 Å². The summed E-state index contributed by atoms with van der Waals surface area (Å²) < 4.78 is 36.5. The number of hydrogen-bond acceptors (Lipinski definition) is 3. The first-order valence-corrected chi connectivity index (χ1v) is 5.15. The maximum atomic E-state index is 12.2. The summed E-state index contributed by atoms with van der Waals surface area (Å²) >= 11 is 0. The fourth-order valence-electron chi connectivity index (χ4n) is 1.24. The number of H-pyrrole nitrogens is 1. The second kappa shape index (κ2) is 5.15. The second-order valence-electron chi connectivity index (χ2n) is 3.68. The molecule has 1 unspecified atom stereocenters. The number of halogens is 3. The van der Waals surface area contributed by atoms with Gasteiger partial charge in [0.05, 0.1) is 0 Å². The summed E-state index contributed by atoms with van der Waals surface area (Å²) in [5.74, 6) is -2.26. The van der Waals surface area contributed by atoms with Gasteiger partial charge < -0.3 is 0 Å². The summed E-state index contributed by atoms with van der Waals surface area (Å²) in [4.78, 5) is 14.6. The van der Waals surface area contributed by atoms with Gasteiger partial charge in [-0.05, 0) is 6.42 Å². The molecule has 1 aromatic heterocycles. The monoisotopic (exact) mass is 250 g/mol. The van der Waals surface area contributed by atoms with Gasteiger partial charge in [-0.15, -0.1) is 5.10 Å². The average molecular weight is 250 g/mol. The van der Waals surface area contributed by atoms with Gasteiger partial charge in [0.15, 0.2) is 0 Å². The minimum Gasteiger partial charge on any atom is -0.293 e. The molecule has 0 saturated heterocycles. The van der Waals surface area contributed by atoms with E-state index in [1.54, 1.807) is 12.0 Å². The van der Waals surface area contributed by atoms with Gasteiger partial charge in [0.25, 0.3) is 0 Å². The molecule has 0 radical (unpaired) electrons. The van der Waals surface area contributed by atoms with Crippen LogP contribution in [-0.2, 0) is 11.0 Å². The Morgan fingerprint density at radius 3 is 2.65 bits per heavy atom. The summed E-state index contributed by atoms with van der Waals surface area (Å²) in [5.41, 5.74) is 0. The predicted octanol–water partition coefficient (Wildman–Crippen LogP) is 2.20. The molecule has 0 fully saturated rings. The minimum atomic E-state index is -4.59. The van der Waals surface area contributed by atoms with E-state index in [4.69, 9.17) is 0 Å². The fraction of sp³-hybridized carbons (Fsp3) is 0.667. The van der Waals surface area contributed by atoms with Crippen LogP contribution in [-0.4, -0.2) is 21.1 Å². The molecule has 8 heteroatoms. The highest BCUT2D eigenvalue weighted by molar-refractivity contribution is 5.90. The van der Waals surface area contributed by atoms with Crippen LogP contribution in [0.4, 0.5) is 19.1 Å². The van der Waals surface area contributed by atoms with Gasteiger partial charge in [-0.1, -0.05) is 20.3 Å². The number of nitrogens with one attached hydrogen (secondary N) is 2. The fourth-order valence-corrected chi connectivity index (χ4v) is 1.24. The van der Waals surface area contributed by atoms with E-state index in [1.165, 1.54) is 0 Å². The van der Waals surface area contributed by atoms with Crippen molar-refractivity contribution in [2.75, 3.05) is 5.32 Å². The number of rotatable bonds is 4. The van der Waals surface area contributed by atoms with Crippen LogP contribution in [0, 0.1) is 5.92 Å². The van der Waals surface area contributed by atoms with E-state index in [0.29, 0.717) is 6.42 Å². The van der Waals surface area contributed by atoms with Crippen LogP contribution in [0.1, 0.15) is 32.5 Å². The molecule has 0 aliphatic carbocycles. The Kier molecular flexibility index (Phi) is 4.08. The van der Waals surface area contributed by atoms with E-state index in [9.17, 15) is 18.0 Å². The van der Waals surface area contributed by atoms with Crippen molar-refractivity contribution >= 4 is 11.9 Å². The number of carbonyl (C=O) groups is 1. The first kappa shape index (κ1) is 13.5. The van der Waals surface area contributed by atoms with E-state index in [2.05, 4.69) is 15.4 Å². The molecule has 0 aliphatic rings. The lowest BCUT2D eigenvalue weighted by Crippen LogP contribution is -2.21. The van der Waals surface area contributed by atoms with Crippen LogP contribution in [0.2, 0.25) is 0 Å². The normalized spacial score (nSPS) is 13.5. The zero-order chi connectivity index (χ0) is 13.1. The van der Waals surface area contributed by atoms with Crippen molar-refractivity contribution in [1.82, 2.24) is 15.2 Å². The van der Waals surface area contributed by atoms with Gasteiger partial charge >= 0.3 is 6.18 Å². The molecule has 0 aliphatic heterocycles. The quantitative estimate of drug-likeness (QED) is 0.860. The molecule has 17 heavy (non-hydrogen) atoms. The highest BCUT2D eigenvalue weighted by atomic mass is 19.4. The Hall–Kier alpha value is -1.60. The maximum Gasteiger partial charge on any atom is 0.451 e. The standard InChI is InChI=1S/C9H13F3N4O/c1-3-4-5(2)6(17)13-8-14-7(15-16-8)9(10,11)12/h5H,3-4H2,1-2H3,(H2,13,14,15,16,17). The van der Waals surface area contributed by atoms with Crippen LogP contribution in [0.3, 0.4) is 0 Å². The largest absolute Gasteiger partial charge is 0.451 e. The SMILES string of the molecule is CCCC(C)C(=O)Nc1n[nH]c(C(F)(F)F)n1. The molecule has 5 nitrogen and oxygen atoms in total. The predicted molar refractivity (Wildman–Crippen MR) is 54.1 cm³/mol. The summed E-state index contributed by atoms with van der Waals surface area (Å²) in [5, 5.41) is 7.22. The van der Waals surface area contributed by atoms with E-state index >= 15 is 0 Å². The number of alkyl halides is 3. The maximum absolute atomic E-state index is 12.2. The van der Waals surface area contributed by atoms with Crippen molar-refractivity contribution in [1.29, 1.82) is 0 Å². The highest BCUT2D eigenvalue weighted by Gasteiger charge is 2.35. The molecule has 96 valence electrons. The Morgan fingerprint density at radius 1 is 1.53 bits per heavy atom. The molecule has 1 amide bonds. The van der Waals surface area contributed by atoms with Crippen molar-refractivity contribution in [3.8, 4) is 0 Å². The Bertz CT molecular complexity index is 388. The molecule has 1 aromatic rings. The number of hydrogen-bond donors (Lipinski definition) is 2. The minimum absolute atomic E-state index is 0.284. The lowest BCUT2D eigenvalue weighted by Gasteiger charge is -2.07. The lowest BCUT2D eigenvalue weighted by atomic mass is 10.1. The molecule has 0 saturated carbocycles. The number of carbonyl (C=O) groups excluding carboxylic acids is 1. The van der Waals surface area contributed by atoms with Crippen LogP contribution in [0.25, 0.3) is 0 Å².